The van der Waals surface area contributed by atoms with Crippen molar-refractivity contribution < 1.29 is 25.2 Å². The SMILES string of the molecule is [2H]c1nc(NC(=O)C2=C(O)c3c([2H])c([2H])c([2H])c([2H])c3S(=O)(=O)N2C)sc1C. The van der Waals surface area contributed by atoms with Gasteiger partial charge in [0.15, 0.2) is 16.6 Å². The van der Waals surface area contributed by atoms with E-state index in [1.165, 1.54) is 0 Å². The Hall–Kier alpha value is -2.39. The highest BCUT2D eigenvalue weighted by Crippen LogP contribution is 2.34. The van der Waals surface area contributed by atoms with Gasteiger partial charge in [-0.25, -0.2) is 13.4 Å². The van der Waals surface area contributed by atoms with Crippen LogP contribution in [0.25, 0.3) is 5.76 Å². The summed E-state index contributed by atoms with van der Waals surface area (Å²) in [6.07, 6.45) is -0.0671. The molecule has 0 unspecified atom stereocenters. The molecule has 23 heavy (non-hydrogen) atoms. The van der Waals surface area contributed by atoms with Crippen LogP contribution < -0.4 is 5.32 Å². The molecule has 1 aromatic carbocycles. The number of amides is 1. The molecule has 0 bridgehead atoms. The lowest BCUT2D eigenvalue weighted by atomic mass is 10.1. The third-order valence-corrected chi connectivity index (χ3v) is 5.56. The minimum Gasteiger partial charge on any atom is -0.505 e. The van der Waals surface area contributed by atoms with Crippen LogP contribution in [0, 0.1) is 6.92 Å². The van der Waals surface area contributed by atoms with E-state index < -0.39 is 62.0 Å². The van der Waals surface area contributed by atoms with Gasteiger partial charge in [-0.15, -0.1) is 11.3 Å². The quantitative estimate of drug-likeness (QED) is 0.857. The Labute approximate surface area is 144 Å². The van der Waals surface area contributed by atoms with Crippen LogP contribution in [0.5, 0.6) is 0 Å². The number of benzene rings is 1. The lowest BCUT2D eigenvalue weighted by Crippen LogP contribution is -2.37. The number of likely N-dealkylation sites (N-methyl/N-ethyl adjacent to an activating group) is 1. The molecule has 3 rings (SSSR count). The van der Waals surface area contributed by atoms with Crippen molar-refractivity contribution in [1.82, 2.24) is 9.29 Å². The van der Waals surface area contributed by atoms with Crippen molar-refractivity contribution >= 4 is 38.2 Å². The van der Waals surface area contributed by atoms with Crippen molar-refractivity contribution in [1.29, 1.82) is 0 Å². The first-order valence-corrected chi connectivity index (χ1v) is 8.43. The van der Waals surface area contributed by atoms with Gasteiger partial charge in [0, 0.05) is 23.7 Å². The van der Waals surface area contributed by atoms with E-state index in [1.807, 2.05) is 0 Å². The molecule has 1 aromatic heterocycles. The maximum Gasteiger partial charge on any atom is 0.278 e. The molecule has 0 spiro atoms. The van der Waals surface area contributed by atoms with Crippen LogP contribution in [0.3, 0.4) is 0 Å². The zero-order valence-corrected chi connectivity index (χ0v) is 13.5. The van der Waals surface area contributed by atoms with Crippen LogP contribution in [0.2, 0.25) is 0 Å². The predicted molar refractivity (Wildman–Crippen MR) is 86.4 cm³/mol. The largest absolute Gasteiger partial charge is 0.505 e. The monoisotopic (exact) mass is 356 g/mol. The fourth-order valence-electron chi connectivity index (χ4n) is 1.97. The molecule has 7 nitrogen and oxygen atoms in total. The Balaban J connectivity index is 2.24. The van der Waals surface area contributed by atoms with Crippen LogP contribution in [-0.2, 0) is 14.8 Å². The summed E-state index contributed by atoms with van der Waals surface area (Å²) in [5, 5.41) is 12.9. The number of aromatic nitrogens is 1. The van der Waals surface area contributed by atoms with Gasteiger partial charge in [-0.05, 0) is 19.0 Å². The van der Waals surface area contributed by atoms with Crippen LogP contribution in [-0.4, -0.2) is 35.8 Å². The number of sulfonamides is 1. The first-order valence-electron chi connectivity index (χ1n) is 8.67. The van der Waals surface area contributed by atoms with Crippen molar-refractivity contribution in [3.05, 3.63) is 46.5 Å². The second-order valence-corrected chi connectivity index (χ2v) is 7.62. The normalized spacial score (nSPS) is 19.2. The zero-order chi connectivity index (χ0) is 21.1. The summed E-state index contributed by atoms with van der Waals surface area (Å²) in [5.41, 5.74) is -1.40. The first-order chi connectivity index (χ1) is 12.9. The summed E-state index contributed by atoms with van der Waals surface area (Å²) in [7, 11) is -3.57. The van der Waals surface area contributed by atoms with E-state index in [1.54, 1.807) is 6.92 Å². The third-order valence-electron chi connectivity index (χ3n) is 3.05. The van der Waals surface area contributed by atoms with Gasteiger partial charge < -0.3 is 5.11 Å². The van der Waals surface area contributed by atoms with E-state index in [4.69, 9.17) is 6.85 Å². The molecule has 0 aliphatic carbocycles. The van der Waals surface area contributed by atoms with Crippen molar-refractivity contribution in [2.24, 2.45) is 0 Å². The minimum absolute atomic E-state index is 0.0133. The maximum absolute atomic E-state index is 12.8. The fourth-order valence-corrected chi connectivity index (χ4v) is 3.85. The number of nitrogens with one attached hydrogen (secondary N) is 1. The van der Waals surface area contributed by atoms with Gasteiger partial charge in [-0.2, -0.15) is 0 Å². The number of fused-ring (bicyclic) bond motifs is 1. The molecule has 1 aliphatic rings. The molecule has 2 N–H and O–H groups in total. The first kappa shape index (κ1) is 10.4. The molecular weight excluding hydrogens is 338 g/mol. The summed E-state index contributed by atoms with van der Waals surface area (Å²) >= 11 is 0.980. The Morgan fingerprint density at radius 2 is 2.13 bits per heavy atom. The number of anilines is 1. The van der Waals surface area contributed by atoms with Crippen molar-refractivity contribution in [2.45, 2.75) is 11.8 Å². The molecule has 0 saturated carbocycles. The molecule has 0 fully saturated rings. The molecular formula is C14H13N3O4S2. The highest BCUT2D eigenvalue weighted by atomic mass is 32.2. The summed E-state index contributed by atoms with van der Waals surface area (Å²) in [6.45, 7) is 1.61. The topological polar surface area (TPSA) is 99.6 Å². The summed E-state index contributed by atoms with van der Waals surface area (Å²) in [6, 6.07) is -3.15. The Morgan fingerprint density at radius 1 is 1.43 bits per heavy atom. The van der Waals surface area contributed by atoms with E-state index in [0.29, 0.717) is 9.18 Å². The van der Waals surface area contributed by atoms with E-state index in [-0.39, 0.29) is 11.3 Å². The van der Waals surface area contributed by atoms with Gasteiger partial charge in [0.1, 0.15) is 0 Å². The number of aliphatic hydroxyl groups is 1. The van der Waals surface area contributed by atoms with E-state index in [2.05, 4.69) is 10.3 Å². The van der Waals surface area contributed by atoms with E-state index in [0.717, 1.165) is 18.4 Å². The summed E-state index contributed by atoms with van der Waals surface area (Å²) < 4.78 is 64.8. The molecule has 1 amide bonds. The zero-order valence-electron chi connectivity index (χ0n) is 16.9. The average molecular weight is 356 g/mol. The predicted octanol–water partition coefficient (Wildman–Crippen LogP) is 1.95. The second-order valence-electron chi connectivity index (χ2n) is 4.52. The molecule has 1 aliphatic heterocycles. The molecule has 0 saturated heterocycles. The van der Waals surface area contributed by atoms with Crippen LogP contribution in [0.15, 0.2) is 40.9 Å². The van der Waals surface area contributed by atoms with Gasteiger partial charge >= 0.3 is 0 Å². The van der Waals surface area contributed by atoms with Crippen LogP contribution >= 0.6 is 11.3 Å². The number of nitrogens with zero attached hydrogens (tertiary/aromatic N) is 2. The van der Waals surface area contributed by atoms with Gasteiger partial charge in [0.2, 0.25) is 0 Å². The lowest BCUT2D eigenvalue weighted by molar-refractivity contribution is -0.113. The highest BCUT2D eigenvalue weighted by Gasteiger charge is 2.37. The number of aliphatic hydroxyl groups excluding tert-OH is 1. The summed E-state index contributed by atoms with van der Waals surface area (Å²) in [4.78, 5) is 16.1. The number of hydrogen-bond acceptors (Lipinski definition) is 6. The van der Waals surface area contributed by atoms with Gasteiger partial charge in [0.05, 0.1) is 11.7 Å². The van der Waals surface area contributed by atoms with Gasteiger partial charge in [0.25, 0.3) is 15.9 Å². The summed E-state index contributed by atoms with van der Waals surface area (Å²) in [5.74, 6) is -1.97. The van der Waals surface area contributed by atoms with Gasteiger partial charge in [-0.3, -0.25) is 14.4 Å². The van der Waals surface area contributed by atoms with Crippen molar-refractivity contribution in [3.63, 3.8) is 0 Å². The van der Waals surface area contributed by atoms with Crippen molar-refractivity contribution in [2.75, 3.05) is 12.4 Å². The maximum atomic E-state index is 12.8. The molecule has 0 radical (unpaired) electrons. The molecule has 9 heteroatoms. The lowest BCUT2D eigenvalue weighted by Gasteiger charge is -2.28. The number of carbonyl (C=O) groups excluding carboxylic acids is 1. The molecule has 0 atom stereocenters. The minimum atomic E-state index is -4.55. The number of thiazole rings is 1. The Kier molecular flexibility index (Phi) is 2.42. The van der Waals surface area contributed by atoms with Crippen LogP contribution in [0.1, 0.15) is 17.3 Å². The molecule has 2 heterocycles. The highest BCUT2D eigenvalue weighted by molar-refractivity contribution is 7.89. The van der Waals surface area contributed by atoms with Crippen LogP contribution in [0.4, 0.5) is 5.13 Å². The second kappa shape index (κ2) is 5.36. The fraction of sp³-hybridized carbons (Fsp3) is 0.143. The van der Waals surface area contributed by atoms with Crippen molar-refractivity contribution in [3.8, 4) is 0 Å². The molecule has 120 valence electrons. The Bertz CT molecular complexity index is 1160. The smallest absolute Gasteiger partial charge is 0.278 e. The Morgan fingerprint density at radius 3 is 2.78 bits per heavy atom. The van der Waals surface area contributed by atoms with Gasteiger partial charge in [-0.1, -0.05) is 12.1 Å². The number of aryl methyl sites for hydroxylation is 1. The number of rotatable bonds is 2. The number of carbonyl (C=O) groups is 1. The number of hydrogen-bond donors (Lipinski definition) is 2. The molecule has 2 aromatic rings. The standard InChI is InChI=1S/C14H13N3O4S2/c1-8-7-15-14(22-8)16-13(19)11-12(18)9-5-3-4-6-10(9)23(20,21)17(11)2/h3-7,18H,1-2H3,(H,15,16,19)/i3D,4D,5D,6D,7D. The average Bonchev–Trinajstić information content (AvgIpc) is 2.91. The van der Waals surface area contributed by atoms with E-state index in [9.17, 15) is 18.3 Å². The van der Waals surface area contributed by atoms with E-state index >= 15 is 0 Å². The third kappa shape index (κ3) is 2.47.